The van der Waals surface area contributed by atoms with Crippen molar-refractivity contribution in [2.75, 3.05) is 13.2 Å². The van der Waals surface area contributed by atoms with Crippen molar-refractivity contribution in [2.24, 2.45) is 0 Å². The first-order chi connectivity index (χ1) is 26.5. The predicted molar refractivity (Wildman–Crippen MR) is 232 cm³/mol. The molecule has 0 aliphatic rings. The third-order valence-corrected chi connectivity index (χ3v) is 10.4. The maximum Gasteiger partial charge on any atom is 0.305 e. The predicted octanol–water partition coefficient (Wildman–Crippen LogP) is 13.3. The van der Waals surface area contributed by atoms with Crippen molar-refractivity contribution < 1.29 is 24.5 Å². The van der Waals surface area contributed by atoms with Crippen LogP contribution in [0.5, 0.6) is 0 Å². The van der Waals surface area contributed by atoms with Crippen molar-refractivity contribution in [1.82, 2.24) is 5.32 Å². The third kappa shape index (κ3) is 39.8. The van der Waals surface area contributed by atoms with Crippen LogP contribution in [0.3, 0.4) is 0 Å². The molecule has 0 aromatic carbocycles. The number of esters is 1. The van der Waals surface area contributed by atoms with Crippen molar-refractivity contribution in [3.05, 3.63) is 36.5 Å². The number of carbonyl (C=O) groups excluding carboxylic acids is 2. The molecular formula is C48H89NO5. The number of nitrogens with one attached hydrogen (secondary N) is 1. The Hall–Kier alpha value is -1.92. The molecule has 0 aliphatic carbocycles. The topological polar surface area (TPSA) is 95.9 Å². The second kappa shape index (κ2) is 43.8. The summed E-state index contributed by atoms with van der Waals surface area (Å²) in [6, 6.07) is -0.669. The zero-order chi connectivity index (χ0) is 39.4. The lowest BCUT2D eigenvalue weighted by Gasteiger charge is -2.19. The molecule has 0 fully saturated rings. The van der Waals surface area contributed by atoms with E-state index in [0.717, 1.165) is 51.4 Å². The van der Waals surface area contributed by atoms with E-state index in [2.05, 4.69) is 37.4 Å². The van der Waals surface area contributed by atoms with E-state index in [4.69, 9.17) is 4.74 Å². The summed E-state index contributed by atoms with van der Waals surface area (Å²) >= 11 is 0. The first kappa shape index (κ1) is 52.1. The van der Waals surface area contributed by atoms with Crippen molar-refractivity contribution in [1.29, 1.82) is 0 Å². The van der Waals surface area contributed by atoms with Gasteiger partial charge in [-0.25, -0.2) is 0 Å². The smallest absolute Gasteiger partial charge is 0.305 e. The van der Waals surface area contributed by atoms with Gasteiger partial charge >= 0.3 is 5.97 Å². The number of rotatable bonds is 42. The molecule has 6 heteroatoms. The molecule has 2 atom stereocenters. The highest BCUT2D eigenvalue weighted by Gasteiger charge is 2.17. The Kier molecular flexibility index (Phi) is 42.2. The zero-order valence-corrected chi connectivity index (χ0v) is 35.7. The Morgan fingerprint density at radius 3 is 1.44 bits per heavy atom. The number of unbranched alkanes of at least 4 members (excludes halogenated alkanes) is 27. The summed E-state index contributed by atoms with van der Waals surface area (Å²) in [5.74, 6) is -0.169. The fourth-order valence-corrected chi connectivity index (χ4v) is 6.80. The minimum Gasteiger partial charge on any atom is -0.466 e. The molecule has 0 aromatic heterocycles. The van der Waals surface area contributed by atoms with Crippen LogP contribution < -0.4 is 5.32 Å². The lowest BCUT2D eigenvalue weighted by atomic mass is 10.0. The van der Waals surface area contributed by atoms with Crippen molar-refractivity contribution in [3.8, 4) is 0 Å². The first-order valence-corrected chi connectivity index (χ1v) is 23.3. The minimum absolute atomic E-state index is 0.0175. The van der Waals surface area contributed by atoms with Crippen molar-refractivity contribution in [2.45, 2.75) is 244 Å². The minimum atomic E-state index is -0.876. The molecule has 0 rings (SSSR count). The van der Waals surface area contributed by atoms with Gasteiger partial charge in [-0.2, -0.15) is 0 Å². The summed E-state index contributed by atoms with van der Waals surface area (Å²) in [5.41, 5.74) is 0. The van der Waals surface area contributed by atoms with Crippen molar-refractivity contribution >= 4 is 11.9 Å². The summed E-state index contributed by atoms with van der Waals surface area (Å²) in [7, 11) is 0. The Labute approximate surface area is 334 Å². The van der Waals surface area contributed by atoms with Gasteiger partial charge in [0.1, 0.15) is 0 Å². The van der Waals surface area contributed by atoms with Crippen LogP contribution in [0, 0.1) is 0 Å². The van der Waals surface area contributed by atoms with Gasteiger partial charge < -0.3 is 20.3 Å². The number of carbonyl (C=O) groups is 2. The second-order valence-corrected chi connectivity index (χ2v) is 15.7. The zero-order valence-electron chi connectivity index (χ0n) is 35.7. The van der Waals surface area contributed by atoms with Gasteiger partial charge in [0.15, 0.2) is 0 Å². The number of aliphatic hydroxyl groups is 2. The molecule has 0 aromatic rings. The first-order valence-electron chi connectivity index (χ1n) is 23.3. The highest BCUT2D eigenvalue weighted by molar-refractivity contribution is 5.76. The van der Waals surface area contributed by atoms with E-state index in [0.29, 0.717) is 25.9 Å². The molecule has 0 radical (unpaired) electrons. The normalized spacial score (nSPS) is 13.0. The van der Waals surface area contributed by atoms with Gasteiger partial charge in [0, 0.05) is 12.8 Å². The molecule has 3 N–H and O–H groups in total. The van der Waals surface area contributed by atoms with Crippen LogP contribution in [0.4, 0.5) is 0 Å². The summed E-state index contributed by atoms with van der Waals surface area (Å²) < 4.78 is 5.44. The third-order valence-electron chi connectivity index (χ3n) is 10.4. The summed E-state index contributed by atoms with van der Waals surface area (Å²) in [4.78, 5) is 24.3. The number of aliphatic hydroxyl groups excluding tert-OH is 2. The Morgan fingerprint density at radius 1 is 0.519 bits per heavy atom. The monoisotopic (exact) mass is 760 g/mol. The van der Waals surface area contributed by atoms with E-state index in [1.807, 2.05) is 12.2 Å². The van der Waals surface area contributed by atoms with Gasteiger partial charge in [-0.05, 0) is 51.4 Å². The molecule has 0 bridgehead atoms. The van der Waals surface area contributed by atoms with E-state index in [1.165, 1.54) is 148 Å². The summed E-state index contributed by atoms with van der Waals surface area (Å²) in [6.45, 7) is 4.80. The van der Waals surface area contributed by atoms with Crippen LogP contribution in [-0.4, -0.2) is 47.4 Å². The van der Waals surface area contributed by atoms with Gasteiger partial charge in [0.25, 0.3) is 0 Å². The average molecular weight is 760 g/mol. The van der Waals surface area contributed by atoms with Gasteiger partial charge in [0.05, 0.1) is 25.4 Å². The van der Waals surface area contributed by atoms with Crippen LogP contribution >= 0.6 is 0 Å². The quantitative estimate of drug-likeness (QED) is 0.0327. The molecule has 1 amide bonds. The molecule has 2 unspecified atom stereocenters. The Bertz CT molecular complexity index is 884. The molecule has 316 valence electrons. The molecule has 0 saturated heterocycles. The highest BCUT2D eigenvalue weighted by atomic mass is 16.5. The van der Waals surface area contributed by atoms with Crippen LogP contribution in [0.2, 0.25) is 0 Å². The van der Waals surface area contributed by atoms with Crippen molar-refractivity contribution in [3.63, 3.8) is 0 Å². The van der Waals surface area contributed by atoms with E-state index in [-0.39, 0.29) is 18.5 Å². The van der Waals surface area contributed by atoms with Gasteiger partial charge in [0.2, 0.25) is 5.91 Å². The Balaban J connectivity index is 3.57. The molecule has 6 nitrogen and oxygen atoms in total. The molecule has 0 aliphatic heterocycles. The standard InChI is InChI=1S/C48H89NO5/c1-3-5-7-9-11-13-15-16-19-22-26-30-34-38-42-48(53)54-43-39-35-31-27-23-20-17-18-21-25-29-33-37-41-47(52)49-45(44-50)46(51)40-36-32-28-24-14-12-10-8-6-4-2/h18,21,29,33,36,40,45-46,50-51H,3-17,19-20,22-28,30-32,34-35,37-39,41-44H2,1-2H3,(H,49,52)/b21-18-,33-29-,40-36+. The van der Waals surface area contributed by atoms with Gasteiger partial charge in [-0.15, -0.1) is 0 Å². The van der Waals surface area contributed by atoms with Crippen LogP contribution in [-0.2, 0) is 14.3 Å². The van der Waals surface area contributed by atoms with E-state index in [1.54, 1.807) is 6.08 Å². The van der Waals surface area contributed by atoms with Crippen LogP contribution in [0.1, 0.15) is 232 Å². The SMILES string of the molecule is CCCCCCCCCC/C=C/C(O)C(CO)NC(=O)CC/C=C\C/C=C\CCCCCCCCOC(=O)CCCCCCCCCCCCCCCC. The molecule has 0 spiro atoms. The van der Waals surface area contributed by atoms with Gasteiger partial charge in [-0.3, -0.25) is 9.59 Å². The average Bonchev–Trinajstić information content (AvgIpc) is 3.17. The number of allylic oxidation sites excluding steroid dienone is 5. The lowest BCUT2D eigenvalue weighted by Crippen LogP contribution is -2.45. The molecule has 54 heavy (non-hydrogen) atoms. The number of amides is 1. The van der Waals surface area contributed by atoms with E-state index >= 15 is 0 Å². The van der Waals surface area contributed by atoms with Gasteiger partial charge in [-0.1, -0.05) is 204 Å². The van der Waals surface area contributed by atoms with E-state index in [9.17, 15) is 19.8 Å². The summed E-state index contributed by atoms with van der Waals surface area (Å²) in [5, 5.41) is 22.8. The van der Waals surface area contributed by atoms with Crippen LogP contribution in [0.15, 0.2) is 36.5 Å². The Morgan fingerprint density at radius 2 is 0.944 bits per heavy atom. The highest BCUT2D eigenvalue weighted by Crippen LogP contribution is 2.14. The molecular weight excluding hydrogens is 671 g/mol. The second-order valence-electron chi connectivity index (χ2n) is 15.7. The fourth-order valence-electron chi connectivity index (χ4n) is 6.80. The number of ether oxygens (including phenoxy) is 1. The fraction of sp³-hybridized carbons (Fsp3) is 0.833. The summed E-state index contributed by atoms with van der Waals surface area (Å²) in [6.07, 6.45) is 51.5. The number of hydrogen-bond donors (Lipinski definition) is 3. The molecule has 0 saturated carbocycles. The van der Waals surface area contributed by atoms with E-state index < -0.39 is 12.1 Å². The number of hydrogen-bond acceptors (Lipinski definition) is 5. The maximum atomic E-state index is 12.3. The largest absolute Gasteiger partial charge is 0.466 e. The lowest BCUT2D eigenvalue weighted by molar-refractivity contribution is -0.143. The maximum absolute atomic E-state index is 12.3. The van der Waals surface area contributed by atoms with Crippen LogP contribution in [0.25, 0.3) is 0 Å². The molecule has 0 heterocycles.